The Balaban J connectivity index is 1.55. The maximum Gasteiger partial charge on any atom is 0.331 e. The monoisotopic (exact) mass is 349 g/mol. The van der Waals surface area contributed by atoms with Gasteiger partial charge in [0.15, 0.2) is 6.61 Å². The zero-order valence-electron chi connectivity index (χ0n) is 13.8. The number of halogens is 1. The third kappa shape index (κ3) is 4.54. The van der Waals surface area contributed by atoms with Crippen LogP contribution in [0.25, 0.3) is 16.8 Å². The molecule has 0 atom stereocenters. The topological polar surface area (TPSA) is 55.4 Å². The lowest BCUT2D eigenvalue weighted by atomic mass is 10.0. The maximum absolute atomic E-state index is 12.8. The van der Waals surface area contributed by atoms with Crippen molar-refractivity contribution in [3.63, 3.8) is 0 Å². The molecule has 130 valence electrons. The highest BCUT2D eigenvalue weighted by Crippen LogP contribution is 2.19. The molecule has 0 aliphatic rings. The van der Waals surface area contributed by atoms with Crippen LogP contribution < -0.4 is 5.32 Å². The molecular weight excluding hydrogens is 333 g/mol. The predicted octanol–water partition coefficient (Wildman–Crippen LogP) is 4.17. The third-order valence-electron chi connectivity index (χ3n) is 3.70. The lowest BCUT2D eigenvalue weighted by Crippen LogP contribution is -2.20. The molecule has 0 fully saturated rings. The molecule has 1 N–H and O–H groups in total. The van der Waals surface area contributed by atoms with Crippen molar-refractivity contribution in [3.8, 4) is 0 Å². The Morgan fingerprint density at radius 1 is 0.962 bits per heavy atom. The van der Waals surface area contributed by atoms with Crippen LogP contribution in [0.4, 0.5) is 10.1 Å². The van der Waals surface area contributed by atoms with Crippen molar-refractivity contribution in [1.29, 1.82) is 0 Å². The van der Waals surface area contributed by atoms with Crippen molar-refractivity contribution in [2.45, 2.75) is 0 Å². The van der Waals surface area contributed by atoms with E-state index in [0.717, 1.165) is 16.3 Å². The summed E-state index contributed by atoms with van der Waals surface area (Å²) in [5.74, 6) is -1.51. The van der Waals surface area contributed by atoms with E-state index in [-0.39, 0.29) is 0 Å². The van der Waals surface area contributed by atoms with Gasteiger partial charge in [-0.25, -0.2) is 9.18 Å². The number of benzene rings is 3. The largest absolute Gasteiger partial charge is 0.452 e. The second-order valence-corrected chi connectivity index (χ2v) is 5.56. The normalized spacial score (nSPS) is 10.8. The van der Waals surface area contributed by atoms with Gasteiger partial charge in [0.05, 0.1) is 0 Å². The fourth-order valence-electron chi connectivity index (χ4n) is 2.47. The van der Waals surface area contributed by atoms with Crippen LogP contribution >= 0.6 is 0 Å². The molecule has 3 aromatic carbocycles. The maximum atomic E-state index is 12.8. The van der Waals surface area contributed by atoms with Crippen LogP contribution in [0.1, 0.15) is 5.56 Å². The number of esters is 1. The van der Waals surface area contributed by atoms with Crippen LogP contribution in [-0.4, -0.2) is 18.5 Å². The molecule has 5 heteroatoms. The quantitative estimate of drug-likeness (QED) is 0.555. The Kier molecular flexibility index (Phi) is 5.39. The van der Waals surface area contributed by atoms with Crippen molar-refractivity contribution in [2.24, 2.45) is 0 Å². The van der Waals surface area contributed by atoms with Gasteiger partial charge in [-0.2, -0.15) is 0 Å². The number of carbonyl (C=O) groups excluding carboxylic acids is 2. The summed E-state index contributed by atoms with van der Waals surface area (Å²) >= 11 is 0. The van der Waals surface area contributed by atoms with Crippen molar-refractivity contribution < 1.29 is 18.7 Å². The van der Waals surface area contributed by atoms with E-state index in [0.29, 0.717) is 5.69 Å². The average Bonchev–Trinajstić information content (AvgIpc) is 2.66. The second-order valence-electron chi connectivity index (χ2n) is 5.56. The Morgan fingerprint density at radius 2 is 1.69 bits per heavy atom. The number of anilines is 1. The van der Waals surface area contributed by atoms with Gasteiger partial charge in [-0.1, -0.05) is 42.5 Å². The number of hydrogen-bond donors (Lipinski definition) is 1. The zero-order valence-corrected chi connectivity index (χ0v) is 13.8. The van der Waals surface area contributed by atoms with Gasteiger partial charge in [-0.05, 0) is 46.7 Å². The molecule has 1 amide bonds. The number of hydrogen-bond acceptors (Lipinski definition) is 3. The molecule has 0 aromatic heterocycles. The van der Waals surface area contributed by atoms with Gasteiger partial charge in [-0.3, -0.25) is 4.79 Å². The summed E-state index contributed by atoms with van der Waals surface area (Å²) < 4.78 is 17.7. The molecule has 0 bridgehead atoms. The first-order chi connectivity index (χ1) is 12.6. The van der Waals surface area contributed by atoms with Gasteiger partial charge < -0.3 is 10.1 Å². The minimum atomic E-state index is -0.618. The first-order valence-electron chi connectivity index (χ1n) is 8.00. The number of nitrogens with one attached hydrogen (secondary N) is 1. The fraction of sp³-hybridized carbons (Fsp3) is 0.0476. The Labute approximate surface area is 149 Å². The fourth-order valence-corrected chi connectivity index (χ4v) is 2.47. The van der Waals surface area contributed by atoms with Gasteiger partial charge in [0.25, 0.3) is 5.91 Å². The lowest BCUT2D eigenvalue weighted by Gasteiger charge is -2.05. The third-order valence-corrected chi connectivity index (χ3v) is 3.70. The summed E-state index contributed by atoms with van der Waals surface area (Å²) in [6, 6.07) is 18.9. The second kappa shape index (κ2) is 8.07. The van der Waals surface area contributed by atoms with E-state index in [1.807, 2.05) is 42.5 Å². The minimum absolute atomic E-state index is 0.395. The predicted molar refractivity (Wildman–Crippen MR) is 99.0 cm³/mol. The van der Waals surface area contributed by atoms with E-state index in [4.69, 9.17) is 4.74 Å². The van der Waals surface area contributed by atoms with Crippen molar-refractivity contribution in [1.82, 2.24) is 0 Å². The molecule has 4 nitrogen and oxygen atoms in total. The Morgan fingerprint density at radius 3 is 2.50 bits per heavy atom. The standard InChI is InChI=1S/C21H16FNO3/c22-17-9-11-18(12-10-17)23-20(24)14-26-21(25)13-8-16-6-3-5-15-4-1-2-7-19(15)16/h1-13H,14H2,(H,23,24)/b13-8+. The first kappa shape index (κ1) is 17.4. The van der Waals surface area contributed by atoms with E-state index in [1.54, 1.807) is 6.08 Å². The molecule has 3 aromatic rings. The molecular formula is C21H16FNO3. The van der Waals surface area contributed by atoms with Crippen LogP contribution in [0.5, 0.6) is 0 Å². The summed E-state index contributed by atoms with van der Waals surface area (Å²) in [7, 11) is 0. The van der Waals surface area contributed by atoms with E-state index in [2.05, 4.69) is 5.32 Å². The smallest absolute Gasteiger partial charge is 0.331 e. The van der Waals surface area contributed by atoms with Gasteiger partial charge in [-0.15, -0.1) is 0 Å². The van der Waals surface area contributed by atoms with Crippen LogP contribution in [0.2, 0.25) is 0 Å². The first-order valence-corrected chi connectivity index (χ1v) is 8.00. The Bertz CT molecular complexity index is 959. The van der Waals surface area contributed by atoms with Crippen molar-refractivity contribution >= 4 is 34.4 Å². The van der Waals surface area contributed by atoms with Crippen molar-refractivity contribution in [2.75, 3.05) is 11.9 Å². The van der Waals surface area contributed by atoms with E-state index in [9.17, 15) is 14.0 Å². The zero-order chi connectivity index (χ0) is 18.4. The SMILES string of the molecule is O=C(COC(=O)/C=C/c1cccc2ccccc12)Nc1ccc(F)cc1. The van der Waals surface area contributed by atoms with E-state index in [1.165, 1.54) is 30.3 Å². The van der Waals surface area contributed by atoms with Gasteiger partial charge in [0.2, 0.25) is 0 Å². The summed E-state index contributed by atoms with van der Waals surface area (Å²) in [6.45, 7) is -0.421. The summed E-state index contributed by atoms with van der Waals surface area (Å²) in [6.07, 6.45) is 2.94. The number of rotatable bonds is 5. The average molecular weight is 349 g/mol. The highest BCUT2D eigenvalue weighted by atomic mass is 19.1. The summed E-state index contributed by atoms with van der Waals surface area (Å²) in [5.41, 5.74) is 1.31. The molecule has 0 heterocycles. The number of ether oxygens (including phenoxy) is 1. The van der Waals surface area contributed by atoms with Gasteiger partial charge in [0.1, 0.15) is 5.82 Å². The molecule has 3 rings (SSSR count). The molecule has 0 aliphatic carbocycles. The molecule has 0 saturated carbocycles. The number of amides is 1. The number of fused-ring (bicyclic) bond motifs is 1. The molecule has 0 aliphatic heterocycles. The van der Waals surface area contributed by atoms with Crippen LogP contribution in [0, 0.1) is 5.82 Å². The van der Waals surface area contributed by atoms with Gasteiger partial charge >= 0.3 is 5.97 Å². The Hall–Kier alpha value is -3.47. The summed E-state index contributed by atoms with van der Waals surface area (Å²) in [4.78, 5) is 23.6. The number of carbonyl (C=O) groups is 2. The molecule has 0 spiro atoms. The molecule has 26 heavy (non-hydrogen) atoms. The van der Waals surface area contributed by atoms with Crippen LogP contribution in [-0.2, 0) is 14.3 Å². The van der Waals surface area contributed by atoms with Crippen molar-refractivity contribution in [3.05, 3.63) is 84.2 Å². The lowest BCUT2D eigenvalue weighted by molar-refractivity contribution is -0.142. The van der Waals surface area contributed by atoms with E-state index >= 15 is 0 Å². The molecule has 0 unspecified atom stereocenters. The van der Waals surface area contributed by atoms with Crippen LogP contribution in [0.15, 0.2) is 72.8 Å². The highest BCUT2D eigenvalue weighted by Gasteiger charge is 2.06. The molecule has 0 radical (unpaired) electrons. The van der Waals surface area contributed by atoms with Crippen LogP contribution in [0.3, 0.4) is 0 Å². The highest BCUT2D eigenvalue weighted by molar-refractivity contribution is 5.96. The molecule has 0 saturated heterocycles. The van der Waals surface area contributed by atoms with Gasteiger partial charge in [0, 0.05) is 11.8 Å². The van der Waals surface area contributed by atoms with E-state index < -0.39 is 24.3 Å². The summed E-state index contributed by atoms with van der Waals surface area (Å²) in [5, 5.41) is 4.61. The minimum Gasteiger partial charge on any atom is -0.452 e.